The van der Waals surface area contributed by atoms with Crippen molar-refractivity contribution in [3.63, 3.8) is 0 Å². The molecule has 4 heteroatoms. The molecule has 1 fully saturated rings. The fourth-order valence-electron chi connectivity index (χ4n) is 2.73. The van der Waals surface area contributed by atoms with Gasteiger partial charge in [-0.1, -0.05) is 13.8 Å². The zero-order valence-corrected chi connectivity index (χ0v) is 12.1. The molecule has 1 aromatic heterocycles. The van der Waals surface area contributed by atoms with Crippen LogP contribution < -0.4 is 5.32 Å². The van der Waals surface area contributed by atoms with Gasteiger partial charge in [0, 0.05) is 25.5 Å². The highest BCUT2D eigenvalue weighted by Gasteiger charge is 2.33. The maximum absolute atomic E-state index is 12.3. The van der Waals surface area contributed by atoms with E-state index in [0.29, 0.717) is 12.5 Å². The smallest absolute Gasteiger partial charge is 0.226 e. The highest BCUT2D eigenvalue weighted by atomic mass is 16.5. The zero-order valence-electron chi connectivity index (χ0n) is 12.1. The Bertz CT molecular complexity index is 426. The molecule has 1 aliphatic rings. The summed E-state index contributed by atoms with van der Waals surface area (Å²) < 4.78 is 7.79. The predicted molar refractivity (Wildman–Crippen MR) is 74.6 cm³/mol. The van der Waals surface area contributed by atoms with Gasteiger partial charge in [-0.2, -0.15) is 0 Å². The van der Waals surface area contributed by atoms with E-state index < -0.39 is 0 Å². The summed E-state index contributed by atoms with van der Waals surface area (Å²) in [6.07, 6.45) is 3.96. The molecule has 0 radical (unpaired) electrons. The Kier molecular flexibility index (Phi) is 4.64. The minimum atomic E-state index is -0.00554. The standard InChI is InChI=1S/C15H24N2O2/c1-11(2)14-13(7-5-9-19-14)15(18)16-10-12-6-4-8-17(12)3/h4,6,8,11,13-14H,5,7,9-10H2,1-3H3,(H,16,18)/t13-,14+/m0/s1. The van der Waals surface area contributed by atoms with Crippen LogP contribution >= 0.6 is 0 Å². The number of aryl methyl sites for hydroxylation is 1. The van der Waals surface area contributed by atoms with Crippen molar-refractivity contribution in [1.29, 1.82) is 0 Å². The topological polar surface area (TPSA) is 43.3 Å². The average molecular weight is 264 g/mol. The minimum Gasteiger partial charge on any atom is -0.377 e. The lowest BCUT2D eigenvalue weighted by molar-refractivity contribution is -0.137. The maximum Gasteiger partial charge on any atom is 0.226 e. The quantitative estimate of drug-likeness (QED) is 0.905. The molecule has 0 aliphatic carbocycles. The maximum atomic E-state index is 12.3. The molecular weight excluding hydrogens is 240 g/mol. The lowest BCUT2D eigenvalue weighted by Crippen LogP contribution is -2.43. The normalized spacial score (nSPS) is 23.6. The fourth-order valence-corrected chi connectivity index (χ4v) is 2.73. The molecule has 0 spiro atoms. The largest absolute Gasteiger partial charge is 0.377 e. The van der Waals surface area contributed by atoms with Gasteiger partial charge in [-0.15, -0.1) is 0 Å². The molecule has 1 aromatic rings. The Morgan fingerprint density at radius 3 is 3.00 bits per heavy atom. The third-order valence-electron chi connectivity index (χ3n) is 3.86. The Hall–Kier alpha value is -1.29. The first kappa shape index (κ1) is 14.1. The summed E-state index contributed by atoms with van der Waals surface area (Å²) in [5.74, 6) is 0.500. The van der Waals surface area contributed by atoms with E-state index in [4.69, 9.17) is 4.74 Å². The van der Waals surface area contributed by atoms with Crippen LogP contribution in [0.3, 0.4) is 0 Å². The van der Waals surface area contributed by atoms with Gasteiger partial charge in [0.15, 0.2) is 0 Å². The number of nitrogens with zero attached hydrogens (tertiary/aromatic N) is 1. The molecule has 19 heavy (non-hydrogen) atoms. The number of aromatic nitrogens is 1. The molecule has 1 amide bonds. The molecule has 0 saturated carbocycles. The highest BCUT2D eigenvalue weighted by molar-refractivity contribution is 5.79. The van der Waals surface area contributed by atoms with E-state index in [9.17, 15) is 4.79 Å². The summed E-state index contributed by atoms with van der Waals surface area (Å²) in [5, 5.41) is 3.04. The molecule has 4 nitrogen and oxygen atoms in total. The van der Waals surface area contributed by atoms with Crippen molar-refractivity contribution >= 4 is 5.91 Å². The second kappa shape index (κ2) is 6.24. The summed E-state index contributed by atoms with van der Waals surface area (Å²) in [7, 11) is 1.99. The first-order valence-electron chi connectivity index (χ1n) is 7.09. The molecule has 0 aromatic carbocycles. The van der Waals surface area contributed by atoms with Gasteiger partial charge in [0.05, 0.1) is 18.6 Å². The van der Waals surface area contributed by atoms with Crippen LogP contribution in [-0.4, -0.2) is 23.2 Å². The van der Waals surface area contributed by atoms with Crippen LogP contribution in [0.25, 0.3) is 0 Å². The highest BCUT2D eigenvalue weighted by Crippen LogP contribution is 2.26. The number of hydrogen-bond donors (Lipinski definition) is 1. The van der Waals surface area contributed by atoms with Gasteiger partial charge >= 0.3 is 0 Å². The Balaban J connectivity index is 1.92. The van der Waals surface area contributed by atoms with Gasteiger partial charge in [-0.25, -0.2) is 0 Å². The van der Waals surface area contributed by atoms with E-state index in [1.807, 2.05) is 29.9 Å². The van der Waals surface area contributed by atoms with Crippen molar-refractivity contribution in [2.75, 3.05) is 6.61 Å². The summed E-state index contributed by atoms with van der Waals surface area (Å²) in [6.45, 7) is 5.61. The summed E-state index contributed by atoms with van der Waals surface area (Å²) >= 11 is 0. The first-order valence-corrected chi connectivity index (χ1v) is 7.09. The van der Waals surface area contributed by atoms with E-state index in [1.54, 1.807) is 0 Å². The second-order valence-electron chi connectivity index (χ2n) is 5.66. The summed E-state index contributed by atoms with van der Waals surface area (Å²) in [5.41, 5.74) is 1.12. The van der Waals surface area contributed by atoms with E-state index >= 15 is 0 Å². The third-order valence-corrected chi connectivity index (χ3v) is 3.86. The zero-order chi connectivity index (χ0) is 13.8. The molecule has 1 saturated heterocycles. The monoisotopic (exact) mass is 264 g/mol. The summed E-state index contributed by atoms with van der Waals surface area (Å²) in [6, 6.07) is 4.01. The van der Waals surface area contributed by atoms with Crippen molar-refractivity contribution < 1.29 is 9.53 Å². The molecular formula is C15H24N2O2. The Morgan fingerprint density at radius 1 is 1.58 bits per heavy atom. The van der Waals surface area contributed by atoms with Crippen LogP contribution in [0.1, 0.15) is 32.4 Å². The molecule has 0 unspecified atom stereocenters. The predicted octanol–water partition coefficient (Wildman–Crippen LogP) is 2.09. The first-order chi connectivity index (χ1) is 9.09. The van der Waals surface area contributed by atoms with Crippen LogP contribution in [0.5, 0.6) is 0 Å². The van der Waals surface area contributed by atoms with Crippen LogP contribution in [0.2, 0.25) is 0 Å². The number of carbonyl (C=O) groups is 1. The van der Waals surface area contributed by atoms with Crippen LogP contribution in [-0.2, 0) is 23.1 Å². The van der Waals surface area contributed by atoms with Crippen molar-refractivity contribution in [1.82, 2.24) is 9.88 Å². The number of rotatable bonds is 4. The fraction of sp³-hybridized carbons (Fsp3) is 0.667. The number of carbonyl (C=O) groups excluding carboxylic acids is 1. The number of hydrogen-bond acceptors (Lipinski definition) is 2. The van der Waals surface area contributed by atoms with E-state index in [2.05, 4.69) is 19.2 Å². The lowest BCUT2D eigenvalue weighted by Gasteiger charge is -2.33. The van der Waals surface area contributed by atoms with Gasteiger partial charge in [-0.05, 0) is 30.9 Å². The van der Waals surface area contributed by atoms with Crippen molar-refractivity contribution in [3.05, 3.63) is 24.0 Å². The lowest BCUT2D eigenvalue weighted by atomic mass is 9.87. The third kappa shape index (κ3) is 3.38. The molecule has 106 valence electrons. The van der Waals surface area contributed by atoms with Gasteiger partial charge in [0.2, 0.25) is 5.91 Å². The molecule has 2 atom stereocenters. The molecule has 2 heterocycles. The second-order valence-corrected chi connectivity index (χ2v) is 5.66. The molecule has 1 N–H and O–H groups in total. The minimum absolute atomic E-state index is 0.00554. The SMILES string of the molecule is CC(C)[C@H]1OCCC[C@@H]1C(=O)NCc1cccn1C. The van der Waals surface area contributed by atoms with E-state index in [1.165, 1.54) is 0 Å². The molecule has 2 rings (SSSR count). The molecule has 1 aliphatic heterocycles. The van der Waals surface area contributed by atoms with E-state index in [-0.39, 0.29) is 17.9 Å². The van der Waals surface area contributed by atoms with Crippen LogP contribution in [0.15, 0.2) is 18.3 Å². The van der Waals surface area contributed by atoms with Gasteiger partial charge in [0.25, 0.3) is 0 Å². The van der Waals surface area contributed by atoms with E-state index in [0.717, 1.165) is 25.1 Å². The van der Waals surface area contributed by atoms with Crippen molar-refractivity contribution in [2.24, 2.45) is 18.9 Å². The molecule has 0 bridgehead atoms. The number of amides is 1. The Labute approximate surface area is 115 Å². The van der Waals surface area contributed by atoms with Gasteiger partial charge in [0.1, 0.15) is 0 Å². The van der Waals surface area contributed by atoms with Crippen LogP contribution in [0.4, 0.5) is 0 Å². The van der Waals surface area contributed by atoms with Crippen molar-refractivity contribution in [2.45, 2.75) is 39.3 Å². The number of nitrogens with one attached hydrogen (secondary N) is 1. The van der Waals surface area contributed by atoms with Crippen LogP contribution in [0, 0.1) is 11.8 Å². The van der Waals surface area contributed by atoms with Gasteiger partial charge < -0.3 is 14.6 Å². The Morgan fingerprint density at radius 2 is 2.37 bits per heavy atom. The van der Waals surface area contributed by atoms with Crippen molar-refractivity contribution in [3.8, 4) is 0 Å². The number of ether oxygens (including phenoxy) is 1. The summed E-state index contributed by atoms with van der Waals surface area (Å²) in [4.78, 5) is 12.3. The average Bonchev–Trinajstić information content (AvgIpc) is 2.81. The van der Waals surface area contributed by atoms with Gasteiger partial charge in [-0.3, -0.25) is 4.79 Å².